The van der Waals surface area contributed by atoms with Crippen LogP contribution in [0.2, 0.25) is 0 Å². The van der Waals surface area contributed by atoms with Gasteiger partial charge in [-0.1, -0.05) is 18.2 Å². The predicted octanol–water partition coefficient (Wildman–Crippen LogP) is 1.52. The molecule has 1 heterocycles. The Kier molecular flexibility index (Phi) is 10.8. The van der Waals surface area contributed by atoms with Gasteiger partial charge in [-0.3, -0.25) is 19.8 Å². The number of nitrogens with zero attached hydrogens (tertiary/aromatic N) is 1. The number of carbonyl (C=O) groups excluding carboxylic acids is 1. The first-order valence-corrected chi connectivity index (χ1v) is 11.4. The Morgan fingerprint density at radius 2 is 1.74 bits per heavy atom. The van der Waals surface area contributed by atoms with Gasteiger partial charge in [-0.25, -0.2) is 4.98 Å². The van der Waals surface area contributed by atoms with Gasteiger partial charge >= 0.3 is 11.9 Å². The van der Waals surface area contributed by atoms with Crippen LogP contribution in [0.15, 0.2) is 48.5 Å². The number of amides is 1. The molecule has 13 nitrogen and oxygen atoms in total. The van der Waals surface area contributed by atoms with E-state index >= 15 is 0 Å². The molecule has 0 fully saturated rings. The fraction of sp³-hybridized carbons (Fsp3) is 0.240. The summed E-state index contributed by atoms with van der Waals surface area (Å²) in [4.78, 5) is 37.0. The second-order valence-electron chi connectivity index (χ2n) is 8.02. The van der Waals surface area contributed by atoms with Gasteiger partial charge in [0.1, 0.15) is 24.1 Å². The molecule has 0 unspecified atom stereocenters. The average molecular weight is 527 g/mol. The molecular formula is C25H30N6O7. The lowest BCUT2D eigenvalue weighted by Crippen LogP contribution is -2.34. The average Bonchev–Trinajstić information content (AvgIpc) is 2.88. The topological polar surface area (TPSA) is 234 Å². The number of aryl methyl sites for hydroxylation is 1. The van der Waals surface area contributed by atoms with Crippen molar-refractivity contribution in [3.63, 3.8) is 0 Å². The number of guanidine groups is 1. The van der Waals surface area contributed by atoms with Crippen LogP contribution in [0.1, 0.15) is 29.0 Å². The zero-order valence-corrected chi connectivity index (χ0v) is 20.6. The fourth-order valence-corrected chi connectivity index (χ4v) is 3.19. The lowest BCUT2D eigenvalue weighted by atomic mass is 10.1. The number of benzene rings is 2. The number of carboxylic acids is 2. The number of hydrogen-bond donors (Lipinski definition) is 8. The highest BCUT2D eigenvalue weighted by molar-refractivity contribution is 6.03. The van der Waals surface area contributed by atoms with Crippen molar-refractivity contribution < 1.29 is 34.4 Å². The largest absolute Gasteiger partial charge is 0.505 e. The third-order valence-corrected chi connectivity index (χ3v) is 5.06. The van der Waals surface area contributed by atoms with E-state index in [2.05, 4.69) is 15.6 Å². The number of carbonyl (C=O) groups is 3. The van der Waals surface area contributed by atoms with E-state index in [1.165, 1.54) is 0 Å². The number of nitrogens with one attached hydrogen (secondary N) is 3. The summed E-state index contributed by atoms with van der Waals surface area (Å²) in [5.74, 6) is -2.11. The van der Waals surface area contributed by atoms with Crippen molar-refractivity contribution in [2.24, 2.45) is 11.5 Å². The third-order valence-electron chi connectivity index (χ3n) is 5.06. The molecule has 0 spiro atoms. The van der Waals surface area contributed by atoms with E-state index in [0.29, 0.717) is 47.4 Å². The van der Waals surface area contributed by atoms with Gasteiger partial charge in [-0.2, -0.15) is 0 Å². The molecule has 0 aliphatic carbocycles. The molecule has 1 atom stereocenters. The summed E-state index contributed by atoms with van der Waals surface area (Å²) in [5, 5.41) is 40.0. The molecule has 0 bridgehead atoms. The summed E-state index contributed by atoms with van der Waals surface area (Å²) in [6.07, 6.45) is 0.975. The van der Waals surface area contributed by atoms with Crippen LogP contribution in [0.3, 0.4) is 0 Å². The molecule has 1 amide bonds. The van der Waals surface area contributed by atoms with E-state index in [9.17, 15) is 19.5 Å². The van der Waals surface area contributed by atoms with Gasteiger partial charge in [0.05, 0.1) is 0 Å². The number of para-hydroxylation sites is 1. The van der Waals surface area contributed by atoms with E-state index in [1.54, 1.807) is 25.1 Å². The summed E-state index contributed by atoms with van der Waals surface area (Å²) in [5.41, 5.74) is 10.5. The molecule has 2 aromatic carbocycles. The summed E-state index contributed by atoms with van der Waals surface area (Å²) in [6, 6.07) is 13.5. The van der Waals surface area contributed by atoms with Crippen LogP contribution in [0.5, 0.6) is 17.2 Å². The van der Waals surface area contributed by atoms with Crippen LogP contribution in [0.4, 0.5) is 0 Å². The highest BCUT2D eigenvalue weighted by Crippen LogP contribution is 2.33. The standard InChI is InChI=1S/C19H16N2O5.C6H14N4O2/c1-11-15-9-13(26-12-5-3-2-4-6-12)7-8-14(15)18(24)17(21-11)19(25)20-10-16(22)23;7-4(5(11)12)2-1-3-10-6(8)9/h2-9,24H,10H2,1H3,(H,20,25)(H,22,23);4H,1-3,7H2,(H,11,12)(H4,8,9,10)/t;4-/m.0/s1. The maximum Gasteiger partial charge on any atom is 0.322 e. The first kappa shape index (κ1) is 29.3. The number of aromatic hydroxyl groups is 1. The maximum absolute atomic E-state index is 12.1. The van der Waals surface area contributed by atoms with Gasteiger partial charge in [-0.05, 0) is 50.1 Å². The summed E-state index contributed by atoms with van der Waals surface area (Å²) >= 11 is 0. The molecule has 0 aliphatic rings. The first-order chi connectivity index (χ1) is 18.0. The van der Waals surface area contributed by atoms with E-state index < -0.39 is 30.4 Å². The number of nitrogens with two attached hydrogens (primary N) is 2. The Morgan fingerprint density at radius 3 is 2.34 bits per heavy atom. The molecule has 10 N–H and O–H groups in total. The molecule has 38 heavy (non-hydrogen) atoms. The number of hydrogen-bond acceptors (Lipinski definition) is 8. The third kappa shape index (κ3) is 8.95. The molecule has 3 rings (SSSR count). The number of pyridine rings is 1. The predicted molar refractivity (Wildman–Crippen MR) is 139 cm³/mol. The molecule has 13 heteroatoms. The van der Waals surface area contributed by atoms with Crippen LogP contribution in [0.25, 0.3) is 10.8 Å². The van der Waals surface area contributed by atoms with Gasteiger partial charge in [-0.15, -0.1) is 0 Å². The van der Waals surface area contributed by atoms with Crippen LogP contribution < -0.4 is 26.8 Å². The Balaban J connectivity index is 0.000000358. The molecule has 0 radical (unpaired) electrons. The SMILES string of the molecule is Cc1nc(C(=O)NCC(=O)O)c(O)c2ccc(Oc3ccccc3)cc12.N=C(N)NCCC[C@H](N)C(=O)O. The Bertz CT molecular complexity index is 1300. The van der Waals surface area contributed by atoms with Crippen molar-refractivity contribution in [3.8, 4) is 17.2 Å². The quantitative estimate of drug-likeness (QED) is 0.107. The first-order valence-electron chi connectivity index (χ1n) is 11.4. The maximum atomic E-state index is 12.1. The van der Waals surface area contributed by atoms with Crippen LogP contribution in [-0.2, 0) is 9.59 Å². The number of fused-ring (bicyclic) bond motifs is 1. The Morgan fingerprint density at radius 1 is 1.05 bits per heavy atom. The minimum atomic E-state index is -1.18. The molecule has 3 aromatic rings. The molecular weight excluding hydrogens is 496 g/mol. The zero-order valence-electron chi connectivity index (χ0n) is 20.6. The number of aliphatic carboxylic acids is 2. The number of carboxylic acid groups (broad SMARTS) is 2. The van der Waals surface area contributed by atoms with Crippen LogP contribution in [-0.4, -0.2) is 63.2 Å². The van der Waals surface area contributed by atoms with E-state index in [1.807, 2.05) is 30.3 Å². The minimum absolute atomic E-state index is 0.112. The molecule has 0 saturated heterocycles. The smallest absolute Gasteiger partial charge is 0.322 e. The zero-order chi connectivity index (χ0) is 28.2. The van der Waals surface area contributed by atoms with Crippen molar-refractivity contribution in [1.29, 1.82) is 5.41 Å². The fourth-order valence-electron chi connectivity index (χ4n) is 3.19. The number of rotatable bonds is 10. The summed E-state index contributed by atoms with van der Waals surface area (Å²) in [7, 11) is 0. The second kappa shape index (κ2) is 14.0. The van der Waals surface area contributed by atoms with Crippen LogP contribution >= 0.6 is 0 Å². The lowest BCUT2D eigenvalue weighted by molar-refractivity contribution is -0.139. The van der Waals surface area contributed by atoms with Crippen molar-refractivity contribution >= 4 is 34.6 Å². The summed E-state index contributed by atoms with van der Waals surface area (Å²) < 4.78 is 5.77. The molecule has 1 aromatic heterocycles. The minimum Gasteiger partial charge on any atom is -0.505 e. The number of ether oxygens (including phenoxy) is 1. The highest BCUT2D eigenvalue weighted by Gasteiger charge is 2.19. The van der Waals surface area contributed by atoms with Crippen molar-refractivity contribution in [1.82, 2.24) is 15.6 Å². The monoisotopic (exact) mass is 526 g/mol. The molecule has 0 aliphatic heterocycles. The molecule has 202 valence electrons. The normalized spacial score (nSPS) is 11.0. The van der Waals surface area contributed by atoms with Gasteiger partial charge < -0.3 is 42.2 Å². The second-order valence-corrected chi connectivity index (χ2v) is 8.02. The van der Waals surface area contributed by atoms with Crippen molar-refractivity contribution in [3.05, 3.63) is 59.9 Å². The Labute approximate surface area is 217 Å². The van der Waals surface area contributed by atoms with Gasteiger partial charge in [0.25, 0.3) is 5.91 Å². The van der Waals surface area contributed by atoms with E-state index in [4.69, 9.17) is 31.8 Å². The van der Waals surface area contributed by atoms with Gasteiger partial charge in [0.15, 0.2) is 17.4 Å². The lowest BCUT2D eigenvalue weighted by Gasteiger charge is -2.12. The van der Waals surface area contributed by atoms with E-state index in [-0.39, 0.29) is 17.4 Å². The molecule has 0 saturated carbocycles. The highest BCUT2D eigenvalue weighted by atomic mass is 16.5. The van der Waals surface area contributed by atoms with Crippen molar-refractivity contribution in [2.45, 2.75) is 25.8 Å². The number of aromatic nitrogens is 1. The van der Waals surface area contributed by atoms with Crippen LogP contribution in [0, 0.1) is 12.3 Å². The summed E-state index contributed by atoms with van der Waals surface area (Å²) in [6.45, 7) is 1.62. The van der Waals surface area contributed by atoms with Gasteiger partial charge in [0.2, 0.25) is 0 Å². The van der Waals surface area contributed by atoms with Gasteiger partial charge in [0, 0.05) is 23.0 Å². The van der Waals surface area contributed by atoms with E-state index in [0.717, 1.165) is 0 Å². The Hall–Kier alpha value is -4.91. The van der Waals surface area contributed by atoms with Crippen molar-refractivity contribution in [2.75, 3.05) is 13.1 Å².